The molecule has 0 saturated heterocycles. The Balaban J connectivity index is 1.40. The van der Waals surface area contributed by atoms with E-state index in [2.05, 4.69) is 36.4 Å². The van der Waals surface area contributed by atoms with Crippen LogP contribution < -0.4 is 14.9 Å². The van der Waals surface area contributed by atoms with Crippen molar-refractivity contribution in [2.24, 2.45) is 4.99 Å². The van der Waals surface area contributed by atoms with Gasteiger partial charge in [-0.2, -0.15) is 0 Å². The van der Waals surface area contributed by atoms with Crippen LogP contribution in [0.5, 0.6) is 0 Å². The first-order valence-electron chi connectivity index (χ1n) is 12.2. The molecule has 5 aromatic rings. The van der Waals surface area contributed by atoms with Gasteiger partial charge in [-0.25, -0.2) is 4.99 Å². The van der Waals surface area contributed by atoms with Crippen molar-refractivity contribution in [2.45, 2.75) is 18.9 Å². The second-order valence-corrected chi connectivity index (χ2v) is 10.7. The maximum absolute atomic E-state index is 13.8. The lowest BCUT2D eigenvalue weighted by Gasteiger charge is -2.30. The predicted molar refractivity (Wildman–Crippen MR) is 148 cm³/mol. The number of thiazole rings is 1. The molecule has 2 aromatic heterocycles. The van der Waals surface area contributed by atoms with Crippen LogP contribution in [0, 0.1) is 0 Å². The number of allylic oxidation sites excluding steroid dienone is 1. The number of fused-ring (bicyclic) bond motifs is 3. The maximum Gasteiger partial charge on any atom is 0.271 e. The summed E-state index contributed by atoms with van der Waals surface area (Å²) in [7, 11) is 0. The number of aromatic nitrogens is 1. The first-order valence-corrected chi connectivity index (χ1v) is 13.4. The second-order valence-electron chi connectivity index (χ2n) is 9.24. The number of rotatable bonds is 3. The third-order valence-electron chi connectivity index (χ3n) is 7.00. The van der Waals surface area contributed by atoms with Gasteiger partial charge in [0.1, 0.15) is 11.5 Å². The Hall–Kier alpha value is -3.93. The molecule has 0 bridgehead atoms. The maximum atomic E-state index is 13.8. The summed E-state index contributed by atoms with van der Waals surface area (Å²) in [6, 6.07) is 29.9. The van der Waals surface area contributed by atoms with Gasteiger partial charge >= 0.3 is 0 Å². The van der Waals surface area contributed by atoms with E-state index in [9.17, 15) is 4.79 Å². The number of benzene rings is 3. The summed E-state index contributed by atoms with van der Waals surface area (Å²) in [6.07, 6.45) is 3.63. The van der Waals surface area contributed by atoms with E-state index in [-0.39, 0.29) is 11.6 Å². The molecule has 0 unspecified atom stereocenters. The number of hydrogen-bond acceptors (Lipinski definition) is 4. The van der Waals surface area contributed by atoms with Crippen molar-refractivity contribution in [3.05, 3.63) is 144 Å². The number of furan rings is 1. The standard InChI is InChI=1S/C31H21ClN2O2S/c32-22-11-6-10-21(17-22)26-16-14-23(36-26)18-27-30(35)34-29(20-8-2-1-3-9-20)25-15-13-19-7-4-5-12-24(19)28(25)33-31(34)37-27/h1-12,14,16-18,29H,13,15H2/b27-18+/t29-/m1/s1. The van der Waals surface area contributed by atoms with E-state index in [1.54, 1.807) is 0 Å². The Morgan fingerprint density at radius 3 is 2.65 bits per heavy atom. The molecule has 6 heteroatoms. The van der Waals surface area contributed by atoms with Crippen LogP contribution in [-0.2, 0) is 6.42 Å². The number of hydrogen-bond donors (Lipinski definition) is 0. The van der Waals surface area contributed by atoms with Crippen LogP contribution in [0.25, 0.3) is 23.1 Å². The van der Waals surface area contributed by atoms with Crippen LogP contribution in [-0.4, -0.2) is 4.57 Å². The molecule has 0 N–H and O–H groups in total. The molecule has 2 aliphatic rings. The molecule has 0 spiro atoms. The van der Waals surface area contributed by atoms with Gasteiger partial charge in [0.15, 0.2) is 4.80 Å². The molecule has 37 heavy (non-hydrogen) atoms. The van der Waals surface area contributed by atoms with Gasteiger partial charge in [0.2, 0.25) is 0 Å². The largest absolute Gasteiger partial charge is 0.457 e. The van der Waals surface area contributed by atoms with Gasteiger partial charge in [-0.3, -0.25) is 9.36 Å². The molecule has 0 radical (unpaired) electrons. The minimum Gasteiger partial charge on any atom is -0.457 e. The van der Waals surface area contributed by atoms with Gasteiger partial charge in [0, 0.05) is 22.2 Å². The molecule has 4 nitrogen and oxygen atoms in total. The summed E-state index contributed by atoms with van der Waals surface area (Å²) in [5.41, 5.74) is 6.61. The van der Waals surface area contributed by atoms with Gasteiger partial charge in [-0.05, 0) is 53.8 Å². The van der Waals surface area contributed by atoms with E-state index in [1.165, 1.54) is 28.0 Å². The van der Waals surface area contributed by atoms with Gasteiger partial charge in [0.05, 0.1) is 16.3 Å². The Labute approximate surface area is 222 Å². The van der Waals surface area contributed by atoms with Crippen molar-refractivity contribution in [2.75, 3.05) is 0 Å². The first-order chi connectivity index (χ1) is 18.2. The smallest absolute Gasteiger partial charge is 0.271 e. The molecule has 0 saturated carbocycles. The quantitative estimate of drug-likeness (QED) is 0.283. The first kappa shape index (κ1) is 22.3. The molecule has 1 aliphatic heterocycles. The number of aryl methyl sites for hydroxylation is 1. The molecule has 180 valence electrons. The van der Waals surface area contributed by atoms with Crippen LogP contribution in [0.15, 0.2) is 111 Å². The molecular weight excluding hydrogens is 500 g/mol. The fourth-order valence-corrected chi connectivity index (χ4v) is 6.49. The van der Waals surface area contributed by atoms with Crippen LogP contribution in [0.2, 0.25) is 5.02 Å². The third kappa shape index (κ3) is 3.82. The molecular formula is C31H21ClN2O2S. The zero-order valence-electron chi connectivity index (χ0n) is 19.7. The highest BCUT2D eigenvalue weighted by Crippen LogP contribution is 2.41. The van der Waals surface area contributed by atoms with Gasteiger partial charge in [0.25, 0.3) is 5.56 Å². The normalized spacial score (nSPS) is 16.7. The Morgan fingerprint density at radius 2 is 1.78 bits per heavy atom. The minimum absolute atomic E-state index is 0.0521. The number of halogens is 1. The Morgan fingerprint density at radius 1 is 0.946 bits per heavy atom. The predicted octanol–water partition coefficient (Wildman–Crippen LogP) is 6.23. The van der Waals surface area contributed by atoms with E-state index in [0.29, 0.717) is 25.9 Å². The molecule has 1 atom stereocenters. The van der Waals surface area contributed by atoms with Crippen molar-refractivity contribution in [1.29, 1.82) is 0 Å². The van der Waals surface area contributed by atoms with Crippen LogP contribution in [0.3, 0.4) is 0 Å². The average Bonchev–Trinajstić information content (AvgIpc) is 3.52. The van der Waals surface area contributed by atoms with E-state index in [4.69, 9.17) is 21.0 Å². The lowest BCUT2D eigenvalue weighted by molar-refractivity contribution is 0.570. The van der Waals surface area contributed by atoms with E-state index < -0.39 is 0 Å². The van der Waals surface area contributed by atoms with Crippen LogP contribution in [0.1, 0.15) is 34.9 Å². The van der Waals surface area contributed by atoms with Crippen LogP contribution >= 0.6 is 22.9 Å². The topological polar surface area (TPSA) is 47.5 Å². The molecule has 3 heterocycles. The molecule has 3 aromatic carbocycles. The van der Waals surface area contributed by atoms with Crippen molar-refractivity contribution < 1.29 is 4.42 Å². The molecule has 0 fully saturated rings. The van der Waals surface area contributed by atoms with Crippen molar-refractivity contribution in [3.8, 4) is 11.3 Å². The van der Waals surface area contributed by atoms with Crippen LogP contribution in [0.4, 0.5) is 0 Å². The van der Waals surface area contributed by atoms with E-state index in [0.717, 1.165) is 29.7 Å². The highest BCUT2D eigenvalue weighted by atomic mass is 35.5. The lowest BCUT2D eigenvalue weighted by Crippen LogP contribution is -2.38. The summed E-state index contributed by atoms with van der Waals surface area (Å²) in [5, 5.41) is 0.648. The summed E-state index contributed by atoms with van der Waals surface area (Å²) >= 11 is 7.56. The average molecular weight is 521 g/mol. The fourth-order valence-electron chi connectivity index (χ4n) is 5.31. The monoisotopic (exact) mass is 520 g/mol. The SMILES string of the molecule is O=c1/c(=C\c2ccc(-c3cccc(Cl)c3)o2)sc2n1[C@H](c1ccccc1)C1=C(N=2)c2ccccc2CC1. The zero-order valence-corrected chi connectivity index (χ0v) is 21.3. The second kappa shape index (κ2) is 8.87. The molecule has 0 amide bonds. The highest BCUT2D eigenvalue weighted by Gasteiger charge is 2.32. The molecule has 7 rings (SSSR count). The Kier molecular flexibility index (Phi) is 5.34. The van der Waals surface area contributed by atoms with Crippen molar-refractivity contribution in [3.63, 3.8) is 0 Å². The van der Waals surface area contributed by atoms with Gasteiger partial charge in [-0.15, -0.1) is 0 Å². The van der Waals surface area contributed by atoms with Gasteiger partial charge < -0.3 is 4.42 Å². The Bertz CT molecular complexity index is 1880. The highest BCUT2D eigenvalue weighted by molar-refractivity contribution is 7.07. The zero-order chi connectivity index (χ0) is 24.9. The van der Waals surface area contributed by atoms with Gasteiger partial charge in [-0.1, -0.05) is 89.7 Å². The summed E-state index contributed by atoms with van der Waals surface area (Å²) in [5.74, 6) is 1.32. The van der Waals surface area contributed by atoms with E-state index in [1.807, 2.05) is 65.2 Å². The number of nitrogens with zero attached hydrogens (tertiary/aromatic N) is 2. The third-order valence-corrected chi connectivity index (χ3v) is 8.22. The van der Waals surface area contributed by atoms with Crippen molar-refractivity contribution in [1.82, 2.24) is 4.57 Å². The lowest BCUT2D eigenvalue weighted by atomic mass is 9.83. The minimum atomic E-state index is -0.179. The summed E-state index contributed by atoms with van der Waals surface area (Å²) in [4.78, 5) is 19.6. The van der Waals surface area contributed by atoms with Crippen molar-refractivity contribution >= 4 is 34.7 Å². The fraction of sp³-hybridized carbons (Fsp3) is 0.0968. The molecule has 1 aliphatic carbocycles. The van der Waals surface area contributed by atoms with E-state index >= 15 is 0 Å². The summed E-state index contributed by atoms with van der Waals surface area (Å²) in [6.45, 7) is 0. The summed E-state index contributed by atoms with van der Waals surface area (Å²) < 4.78 is 8.53.